The maximum atomic E-state index is 12.2. The Morgan fingerprint density at radius 3 is 2.54 bits per heavy atom. The van der Waals surface area contributed by atoms with Crippen molar-refractivity contribution in [3.05, 3.63) is 40.7 Å². The van der Waals surface area contributed by atoms with Crippen LogP contribution >= 0.6 is 0 Å². The van der Waals surface area contributed by atoms with Gasteiger partial charge in [0.25, 0.3) is 5.56 Å². The zero-order valence-electron chi connectivity index (χ0n) is 15.4. The Hall–Kier alpha value is -2.83. The Labute approximate surface area is 152 Å². The molecule has 1 aromatic heterocycles. The first kappa shape index (κ1) is 19.5. The molecule has 26 heavy (non-hydrogen) atoms. The van der Waals surface area contributed by atoms with Crippen molar-refractivity contribution >= 4 is 5.91 Å². The highest BCUT2D eigenvalue weighted by atomic mass is 16.5. The number of hydrogen-bond donors (Lipinski definition) is 1. The van der Waals surface area contributed by atoms with Crippen molar-refractivity contribution in [3.63, 3.8) is 0 Å². The molecule has 140 valence electrons. The first-order chi connectivity index (χ1) is 12.6. The number of carbonyl (C=O) groups is 1. The third-order valence-electron chi connectivity index (χ3n) is 3.89. The first-order valence-electron chi connectivity index (χ1n) is 8.66. The van der Waals surface area contributed by atoms with Crippen molar-refractivity contribution in [2.75, 3.05) is 20.8 Å². The minimum atomic E-state index is -0.256. The highest BCUT2D eigenvalue weighted by molar-refractivity contribution is 5.75. The average molecular weight is 359 g/mol. The molecule has 2 aromatic rings. The molecular formula is C19H25N3O4. The normalized spacial score (nSPS) is 10.4. The van der Waals surface area contributed by atoms with Gasteiger partial charge in [0.2, 0.25) is 5.91 Å². The summed E-state index contributed by atoms with van der Waals surface area (Å²) in [5.41, 5.74) is 1.13. The summed E-state index contributed by atoms with van der Waals surface area (Å²) < 4.78 is 11.8. The van der Waals surface area contributed by atoms with Crippen LogP contribution in [-0.4, -0.2) is 36.5 Å². The standard InChI is InChI=1S/C19H25N3O4/c1-4-11-20-17(23)6-5-12-22-18(24)13-16(26-3)19(21-22)14-7-9-15(25-2)10-8-14/h7-10,13H,4-6,11-12H2,1-3H3,(H,20,23). The molecule has 0 saturated heterocycles. The molecule has 1 aromatic carbocycles. The maximum Gasteiger partial charge on any atom is 0.270 e. The summed E-state index contributed by atoms with van der Waals surface area (Å²) in [6.45, 7) is 3.04. The minimum absolute atomic E-state index is 0.0104. The molecule has 7 heteroatoms. The van der Waals surface area contributed by atoms with Gasteiger partial charge in [0.1, 0.15) is 11.4 Å². The molecule has 7 nitrogen and oxygen atoms in total. The fraction of sp³-hybridized carbons (Fsp3) is 0.421. The van der Waals surface area contributed by atoms with Crippen LogP contribution in [0.1, 0.15) is 26.2 Å². The van der Waals surface area contributed by atoms with Gasteiger partial charge in [-0.2, -0.15) is 5.10 Å². The fourth-order valence-electron chi connectivity index (χ4n) is 2.48. The molecule has 0 radical (unpaired) electrons. The Kier molecular flexibility index (Phi) is 7.20. The second kappa shape index (κ2) is 9.60. The largest absolute Gasteiger partial charge is 0.497 e. The number of carbonyl (C=O) groups excluding carboxylic acids is 1. The van der Waals surface area contributed by atoms with Gasteiger partial charge in [-0.15, -0.1) is 0 Å². The topological polar surface area (TPSA) is 82.5 Å². The van der Waals surface area contributed by atoms with Gasteiger partial charge in [0, 0.05) is 31.1 Å². The minimum Gasteiger partial charge on any atom is -0.497 e. The van der Waals surface area contributed by atoms with E-state index in [1.165, 1.54) is 17.9 Å². The Balaban J connectivity index is 2.17. The second-order valence-corrected chi connectivity index (χ2v) is 5.80. The maximum absolute atomic E-state index is 12.2. The van der Waals surface area contributed by atoms with Crippen LogP contribution in [0, 0.1) is 0 Å². The number of nitrogens with one attached hydrogen (secondary N) is 1. The zero-order chi connectivity index (χ0) is 18.9. The van der Waals surface area contributed by atoms with Crippen LogP contribution < -0.4 is 20.3 Å². The van der Waals surface area contributed by atoms with E-state index in [1.54, 1.807) is 7.11 Å². The summed E-state index contributed by atoms with van der Waals surface area (Å²) >= 11 is 0. The SMILES string of the molecule is CCCNC(=O)CCCn1nc(-c2ccc(OC)cc2)c(OC)cc1=O. The fourth-order valence-corrected chi connectivity index (χ4v) is 2.48. The first-order valence-corrected chi connectivity index (χ1v) is 8.66. The van der Waals surface area contributed by atoms with Gasteiger partial charge < -0.3 is 14.8 Å². The number of hydrogen-bond acceptors (Lipinski definition) is 5. The average Bonchev–Trinajstić information content (AvgIpc) is 2.67. The van der Waals surface area contributed by atoms with Crippen LogP contribution in [0.3, 0.4) is 0 Å². The van der Waals surface area contributed by atoms with E-state index < -0.39 is 0 Å². The van der Waals surface area contributed by atoms with Crippen LogP contribution in [0.15, 0.2) is 35.1 Å². The van der Waals surface area contributed by atoms with Gasteiger partial charge in [-0.1, -0.05) is 6.92 Å². The van der Waals surface area contributed by atoms with Gasteiger partial charge in [0.05, 0.1) is 14.2 Å². The molecule has 0 fully saturated rings. The highest BCUT2D eigenvalue weighted by Crippen LogP contribution is 2.27. The van der Waals surface area contributed by atoms with Crippen LogP contribution in [0.5, 0.6) is 11.5 Å². The van der Waals surface area contributed by atoms with Gasteiger partial charge in [-0.3, -0.25) is 9.59 Å². The summed E-state index contributed by atoms with van der Waals surface area (Å²) in [4.78, 5) is 23.9. The number of rotatable bonds is 9. The molecular weight excluding hydrogens is 334 g/mol. The van der Waals surface area contributed by atoms with E-state index in [2.05, 4.69) is 10.4 Å². The van der Waals surface area contributed by atoms with Crippen LogP contribution in [0.2, 0.25) is 0 Å². The van der Waals surface area contributed by atoms with Gasteiger partial charge in [0.15, 0.2) is 5.75 Å². The van der Waals surface area contributed by atoms with Crippen molar-refractivity contribution in [2.24, 2.45) is 0 Å². The van der Waals surface area contributed by atoms with E-state index >= 15 is 0 Å². The number of aryl methyl sites for hydroxylation is 1. The summed E-state index contributed by atoms with van der Waals surface area (Å²) in [5, 5.41) is 7.26. The van der Waals surface area contributed by atoms with Crippen LogP contribution in [0.25, 0.3) is 11.3 Å². The second-order valence-electron chi connectivity index (χ2n) is 5.80. The van der Waals surface area contributed by atoms with Gasteiger partial charge >= 0.3 is 0 Å². The molecule has 1 N–H and O–H groups in total. The Morgan fingerprint density at radius 1 is 1.19 bits per heavy atom. The third-order valence-corrected chi connectivity index (χ3v) is 3.89. The predicted octanol–water partition coefficient (Wildman–Crippen LogP) is 2.23. The molecule has 0 aliphatic carbocycles. The lowest BCUT2D eigenvalue weighted by Gasteiger charge is -2.12. The number of benzene rings is 1. The molecule has 0 atom stereocenters. The lowest BCUT2D eigenvalue weighted by atomic mass is 10.1. The smallest absolute Gasteiger partial charge is 0.270 e. The molecule has 0 bridgehead atoms. The molecule has 1 amide bonds. The molecule has 2 rings (SSSR count). The van der Waals surface area contributed by atoms with Crippen LogP contribution in [0.4, 0.5) is 0 Å². The number of methoxy groups -OCH3 is 2. The molecule has 0 aliphatic heterocycles. The summed E-state index contributed by atoms with van der Waals surface area (Å²) in [7, 11) is 3.11. The highest BCUT2D eigenvalue weighted by Gasteiger charge is 2.12. The van der Waals surface area contributed by atoms with Crippen molar-refractivity contribution in [3.8, 4) is 22.8 Å². The molecule has 0 aliphatic rings. The lowest BCUT2D eigenvalue weighted by molar-refractivity contribution is -0.121. The third kappa shape index (κ3) is 5.08. The summed E-state index contributed by atoms with van der Waals surface area (Å²) in [6, 6.07) is 8.78. The van der Waals surface area contributed by atoms with Crippen LogP contribution in [-0.2, 0) is 11.3 Å². The van der Waals surface area contributed by atoms with Gasteiger partial charge in [-0.25, -0.2) is 4.68 Å². The summed E-state index contributed by atoms with van der Waals surface area (Å²) in [6.07, 6.45) is 1.80. The van der Waals surface area contributed by atoms with E-state index in [-0.39, 0.29) is 11.5 Å². The predicted molar refractivity (Wildman–Crippen MR) is 99.6 cm³/mol. The van der Waals surface area contributed by atoms with Crippen molar-refractivity contribution in [2.45, 2.75) is 32.7 Å². The van der Waals surface area contributed by atoms with Gasteiger partial charge in [-0.05, 0) is 37.1 Å². The molecule has 0 spiro atoms. The number of aromatic nitrogens is 2. The number of amides is 1. The summed E-state index contributed by atoms with van der Waals surface area (Å²) in [5.74, 6) is 1.14. The quantitative estimate of drug-likeness (QED) is 0.742. The van der Waals surface area contributed by atoms with Crippen molar-refractivity contribution in [1.82, 2.24) is 15.1 Å². The number of nitrogens with zero attached hydrogens (tertiary/aromatic N) is 2. The van der Waals surface area contributed by atoms with E-state index in [1.807, 2.05) is 31.2 Å². The lowest BCUT2D eigenvalue weighted by Crippen LogP contribution is -2.26. The van der Waals surface area contributed by atoms with E-state index in [0.29, 0.717) is 37.4 Å². The molecule has 0 saturated carbocycles. The van der Waals surface area contributed by atoms with E-state index in [0.717, 1.165) is 17.7 Å². The van der Waals surface area contributed by atoms with E-state index in [4.69, 9.17) is 9.47 Å². The Morgan fingerprint density at radius 2 is 1.92 bits per heavy atom. The molecule has 0 unspecified atom stereocenters. The van der Waals surface area contributed by atoms with E-state index in [9.17, 15) is 9.59 Å². The number of ether oxygens (including phenoxy) is 2. The van der Waals surface area contributed by atoms with Crippen molar-refractivity contribution in [1.29, 1.82) is 0 Å². The zero-order valence-corrected chi connectivity index (χ0v) is 15.4. The monoisotopic (exact) mass is 359 g/mol. The van der Waals surface area contributed by atoms with Crippen molar-refractivity contribution < 1.29 is 14.3 Å². The Bertz CT molecular complexity index is 784. The molecule has 1 heterocycles.